The highest BCUT2D eigenvalue weighted by atomic mass is 32.2. The van der Waals surface area contributed by atoms with Crippen molar-refractivity contribution in [3.05, 3.63) is 64.5 Å². The van der Waals surface area contributed by atoms with Crippen LogP contribution in [0.4, 0.5) is 11.5 Å². The van der Waals surface area contributed by atoms with Gasteiger partial charge in [0.25, 0.3) is 11.6 Å². The normalized spacial score (nSPS) is 18.6. The minimum Gasteiger partial charge on any atom is -0.497 e. The predicted octanol–water partition coefficient (Wildman–Crippen LogP) is 1.88. The number of pyridine rings is 1. The van der Waals surface area contributed by atoms with Gasteiger partial charge in [-0.1, -0.05) is 0 Å². The number of methoxy groups -OCH3 is 1. The van der Waals surface area contributed by atoms with E-state index in [9.17, 15) is 28.4 Å². The van der Waals surface area contributed by atoms with Gasteiger partial charge in [0, 0.05) is 38.7 Å². The highest BCUT2D eigenvalue weighted by molar-refractivity contribution is 7.89. The number of sulfonamides is 1. The number of hydrogen-bond donors (Lipinski definition) is 3. The Kier molecular flexibility index (Phi) is 10.7. The van der Waals surface area contributed by atoms with Gasteiger partial charge < -0.3 is 30.0 Å². The molecule has 2 aromatic rings. The largest absolute Gasteiger partial charge is 0.497 e. The molecule has 228 valence electrons. The van der Waals surface area contributed by atoms with Crippen LogP contribution in [-0.2, 0) is 24.3 Å². The molecule has 1 amide bonds. The number of ether oxygens (including phenoxy) is 3. The Morgan fingerprint density at radius 2 is 1.95 bits per heavy atom. The Labute approximate surface area is 243 Å². The summed E-state index contributed by atoms with van der Waals surface area (Å²) in [5.41, 5.74) is -0.114. The maximum absolute atomic E-state index is 13.1. The molecule has 2 aliphatic rings. The molecule has 14 nitrogen and oxygen atoms in total. The van der Waals surface area contributed by atoms with Gasteiger partial charge in [0.2, 0.25) is 16.3 Å². The summed E-state index contributed by atoms with van der Waals surface area (Å²) in [5, 5.41) is 26.0. The molecule has 1 saturated carbocycles. The second-order valence-electron chi connectivity index (χ2n) is 9.83. The number of allylic oxidation sites excluding steroid dienone is 1. The maximum atomic E-state index is 13.1. The van der Waals surface area contributed by atoms with Gasteiger partial charge in [0.1, 0.15) is 17.8 Å². The number of benzene rings is 1. The number of carbonyl (C=O) groups is 1. The van der Waals surface area contributed by atoms with E-state index in [0.29, 0.717) is 30.5 Å². The zero-order chi connectivity index (χ0) is 30.1. The van der Waals surface area contributed by atoms with Gasteiger partial charge in [-0.15, -0.1) is 0 Å². The quantitative estimate of drug-likeness (QED) is 0.144. The molecule has 1 aromatic carbocycles. The number of nitro groups is 1. The zero-order valence-corrected chi connectivity index (χ0v) is 24.0. The first-order chi connectivity index (χ1) is 20.2. The molecule has 4 rings (SSSR count). The molecule has 1 fully saturated rings. The van der Waals surface area contributed by atoms with Gasteiger partial charge >= 0.3 is 0 Å². The van der Waals surface area contributed by atoms with Gasteiger partial charge in [0.05, 0.1) is 30.1 Å². The van der Waals surface area contributed by atoms with E-state index in [2.05, 4.69) is 15.6 Å². The van der Waals surface area contributed by atoms with E-state index >= 15 is 0 Å². The monoisotopic (exact) mass is 605 g/mol. The highest BCUT2D eigenvalue weighted by Gasteiger charge is 2.37. The van der Waals surface area contributed by atoms with E-state index in [0.717, 1.165) is 23.3 Å². The van der Waals surface area contributed by atoms with Crippen LogP contribution in [0.1, 0.15) is 19.3 Å². The first-order valence-electron chi connectivity index (χ1n) is 13.6. The average Bonchev–Trinajstić information content (AvgIpc) is 3.85. The van der Waals surface area contributed by atoms with Gasteiger partial charge in [-0.25, -0.2) is 13.4 Å². The van der Waals surface area contributed by atoms with Crippen molar-refractivity contribution >= 4 is 27.4 Å². The third-order valence-corrected chi connectivity index (χ3v) is 8.82. The number of aromatic nitrogens is 1. The fraction of sp³-hybridized carbons (Fsp3) is 0.481. The second kappa shape index (κ2) is 14.4. The average molecular weight is 606 g/mol. The van der Waals surface area contributed by atoms with E-state index in [1.807, 2.05) is 6.08 Å². The van der Waals surface area contributed by atoms with Gasteiger partial charge in [-0.05, 0) is 61.1 Å². The minimum absolute atomic E-state index is 0.00149. The Hall–Kier alpha value is -3.79. The molecule has 15 heteroatoms. The van der Waals surface area contributed by atoms with Crippen molar-refractivity contribution < 1.29 is 37.5 Å². The van der Waals surface area contributed by atoms with Crippen molar-refractivity contribution in [3.8, 4) is 5.75 Å². The van der Waals surface area contributed by atoms with Crippen molar-refractivity contribution in [2.75, 3.05) is 51.8 Å². The predicted molar refractivity (Wildman–Crippen MR) is 151 cm³/mol. The summed E-state index contributed by atoms with van der Waals surface area (Å²) in [6, 6.07) is 8.81. The number of nitrogens with one attached hydrogen (secondary N) is 2. The SMILES string of the molecule is COc1ccc(S(=O)(=O)N(CCO)CCO[C@@H]2C[C@H](C3CC3)C=C(C(=O)NCCNc3ccc([N+](=O)[O-])cn3)O2)cc1. The third-order valence-electron chi connectivity index (χ3n) is 6.91. The molecule has 1 aliphatic heterocycles. The topological polar surface area (TPSA) is 182 Å². The van der Waals surface area contributed by atoms with E-state index in [4.69, 9.17) is 14.2 Å². The molecule has 2 atom stereocenters. The molecular weight excluding hydrogens is 570 g/mol. The summed E-state index contributed by atoms with van der Waals surface area (Å²) in [4.78, 5) is 27.1. The molecule has 0 unspecified atom stereocenters. The van der Waals surface area contributed by atoms with Crippen LogP contribution in [-0.4, -0.2) is 86.4 Å². The number of anilines is 1. The van der Waals surface area contributed by atoms with Crippen LogP contribution < -0.4 is 15.4 Å². The van der Waals surface area contributed by atoms with E-state index in [1.165, 1.54) is 31.4 Å². The lowest BCUT2D eigenvalue weighted by Gasteiger charge is -2.30. The van der Waals surface area contributed by atoms with E-state index in [-0.39, 0.29) is 55.1 Å². The summed E-state index contributed by atoms with van der Waals surface area (Å²) in [5.74, 6) is 1.25. The molecule has 1 aliphatic carbocycles. The lowest BCUT2D eigenvalue weighted by atomic mass is 9.96. The van der Waals surface area contributed by atoms with Crippen LogP contribution in [0.2, 0.25) is 0 Å². The molecular formula is C27H35N5O9S. The van der Waals surface area contributed by atoms with E-state index < -0.39 is 27.1 Å². The summed E-state index contributed by atoms with van der Waals surface area (Å²) in [7, 11) is -2.40. The number of hydrogen-bond acceptors (Lipinski definition) is 11. The lowest BCUT2D eigenvalue weighted by Crippen LogP contribution is -2.38. The van der Waals surface area contributed by atoms with Crippen molar-refractivity contribution in [2.45, 2.75) is 30.4 Å². The van der Waals surface area contributed by atoms with Crippen LogP contribution in [0.15, 0.2) is 59.3 Å². The number of aliphatic hydroxyl groups excluding tert-OH is 1. The Balaban J connectivity index is 1.28. The van der Waals surface area contributed by atoms with Crippen molar-refractivity contribution in [1.29, 1.82) is 0 Å². The molecule has 0 radical (unpaired) electrons. The third kappa shape index (κ3) is 8.38. The Morgan fingerprint density at radius 1 is 1.19 bits per heavy atom. The molecule has 0 saturated heterocycles. The standard InChI is InChI=1S/C27H35N5O9S/c1-39-22-5-7-23(8-6-22)42(37,38)31(12-14-33)13-15-40-26-17-20(19-2-3-19)16-24(41-26)27(34)29-11-10-28-25-9-4-21(18-30-25)32(35)36/h4-9,16,18-20,26,33H,2-3,10-15,17H2,1H3,(H,28,30)(H,29,34)/t20-,26+/m1/s1. The lowest BCUT2D eigenvalue weighted by molar-refractivity contribution is -0.385. The van der Waals surface area contributed by atoms with Gasteiger partial charge in [-0.2, -0.15) is 4.31 Å². The Bertz CT molecular complexity index is 1350. The van der Waals surface area contributed by atoms with Crippen LogP contribution in [0.3, 0.4) is 0 Å². The van der Waals surface area contributed by atoms with E-state index in [1.54, 1.807) is 12.1 Å². The second-order valence-corrected chi connectivity index (χ2v) is 11.8. The molecule has 42 heavy (non-hydrogen) atoms. The summed E-state index contributed by atoms with van der Waals surface area (Å²) >= 11 is 0. The highest BCUT2D eigenvalue weighted by Crippen LogP contribution is 2.42. The van der Waals surface area contributed by atoms with Crippen molar-refractivity contribution in [1.82, 2.24) is 14.6 Å². The van der Waals surface area contributed by atoms with Crippen LogP contribution in [0, 0.1) is 22.0 Å². The molecule has 3 N–H and O–H groups in total. The number of carbonyl (C=O) groups excluding carboxylic acids is 1. The number of amides is 1. The summed E-state index contributed by atoms with van der Waals surface area (Å²) in [6.07, 6.45) is 4.89. The fourth-order valence-electron chi connectivity index (χ4n) is 4.50. The maximum Gasteiger partial charge on any atom is 0.287 e. The van der Waals surface area contributed by atoms with Gasteiger partial charge in [0.15, 0.2) is 5.76 Å². The number of aliphatic hydroxyl groups is 1. The molecule has 0 spiro atoms. The molecule has 0 bridgehead atoms. The number of nitrogens with zero attached hydrogens (tertiary/aromatic N) is 3. The van der Waals surface area contributed by atoms with Crippen molar-refractivity contribution in [3.63, 3.8) is 0 Å². The first kappa shape index (κ1) is 31.2. The first-order valence-corrected chi connectivity index (χ1v) is 15.0. The van der Waals surface area contributed by atoms with Crippen LogP contribution >= 0.6 is 0 Å². The Morgan fingerprint density at radius 3 is 2.57 bits per heavy atom. The van der Waals surface area contributed by atoms with Gasteiger partial charge in [-0.3, -0.25) is 14.9 Å². The zero-order valence-electron chi connectivity index (χ0n) is 23.2. The van der Waals surface area contributed by atoms with Crippen molar-refractivity contribution in [2.24, 2.45) is 11.8 Å². The molecule has 2 heterocycles. The number of rotatable bonds is 16. The van der Waals surface area contributed by atoms with Crippen LogP contribution in [0.25, 0.3) is 0 Å². The minimum atomic E-state index is -3.89. The van der Waals surface area contributed by atoms with Crippen LogP contribution in [0.5, 0.6) is 5.75 Å². The smallest absolute Gasteiger partial charge is 0.287 e. The summed E-state index contributed by atoms with van der Waals surface area (Å²) in [6.45, 7) is 0.0947. The fourth-order valence-corrected chi connectivity index (χ4v) is 5.91. The molecule has 1 aromatic heterocycles. The summed E-state index contributed by atoms with van der Waals surface area (Å²) < 4.78 is 44.3.